The van der Waals surface area contributed by atoms with Gasteiger partial charge < -0.3 is 5.32 Å². The number of carbonyl (C=O) groups is 1. The lowest BCUT2D eigenvalue weighted by Crippen LogP contribution is -2.33. The molecule has 0 radical (unpaired) electrons. The molecule has 0 aliphatic carbocycles. The van der Waals surface area contributed by atoms with Crippen molar-refractivity contribution >= 4 is 33.2 Å². The Balaban J connectivity index is 1.97. The van der Waals surface area contributed by atoms with Crippen LogP contribution in [-0.2, 0) is 14.8 Å². The van der Waals surface area contributed by atoms with Crippen molar-refractivity contribution in [2.45, 2.75) is 46.1 Å². The smallest absolute Gasteiger partial charge is 0.232 e. The zero-order valence-corrected chi connectivity index (χ0v) is 19.0. The molecule has 2 aromatic carbocycles. The summed E-state index contributed by atoms with van der Waals surface area (Å²) in [7, 11) is -3.45. The highest BCUT2D eigenvalue weighted by molar-refractivity contribution is 7.92. The average molecular weight is 437 g/mol. The number of benzene rings is 2. The molecule has 1 N–H and O–H groups in total. The minimum Gasteiger partial charge on any atom is -0.349 e. The molecule has 0 aliphatic rings. The molecule has 0 bridgehead atoms. The summed E-state index contributed by atoms with van der Waals surface area (Å²) in [6, 6.07) is 12.8. The Morgan fingerprint density at radius 1 is 1.10 bits per heavy atom. The second kappa shape index (κ2) is 10.1. The minimum atomic E-state index is -3.45. The number of halogens is 1. The first-order chi connectivity index (χ1) is 13.6. The van der Waals surface area contributed by atoms with E-state index < -0.39 is 10.0 Å². The van der Waals surface area contributed by atoms with Crippen LogP contribution in [0, 0.1) is 13.8 Å². The minimum absolute atomic E-state index is 0.0518. The molecule has 158 valence electrons. The van der Waals surface area contributed by atoms with Gasteiger partial charge in [0.05, 0.1) is 18.0 Å². The van der Waals surface area contributed by atoms with E-state index in [1.54, 1.807) is 24.3 Å². The third kappa shape index (κ3) is 6.75. The van der Waals surface area contributed by atoms with E-state index in [-0.39, 0.29) is 24.9 Å². The summed E-state index contributed by atoms with van der Waals surface area (Å²) >= 11 is 5.89. The molecular weight excluding hydrogens is 408 g/mol. The fourth-order valence-electron chi connectivity index (χ4n) is 3.15. The van der Waals surface area contributed by atoms with Crippen LogP contribution in [0.1, 0.15) is 48.9 Å². The van der Waals surface area contributed by atoms with Crippen LogP contribution in [-0.4, -0.2) is 27.1 Å². The van der Waals surface area contributed by atoms with Gasteiger partial charge in [0, 0.05) is 18.0 Å². The SMILES string of the molecule is CC[C@@H](NC(=O)CCCN(c1ccc(Cl)cc1)S(C)(=O)=O)c1ccc(C)c(C)c1. The molecule has 0 saturated heterocycles. The molecule has 0 fully saturated rings. The van der Waals surface area contributed by atoms with Gasteiger partial charge in [-0.25, -0.2) is 8.42 Å². The van der Waals surface area contributed by atoms with E-state index in [1.807, 2.05) is 13.0 Å². The Bertz CT molecular complexity index is 943. The van der Waals surface area contributed by atoms with E-state index in [2.05, 4.69) is 31.3 Å². The van der Waals surface area contributed by atoms with Gasteiger partial charge in [0.15, 0.2) is 0 Å². The van der Waals surface area contributed by atoms with Crippen LogP contribution in [0.4, 0.5) is 5.69 Å². The van der Waals surface area contributed by atoms with Gasteiger partial charge >= 0.3 is 0 Å². The summed E-state index contributed by atoms with van der Waals surface area (Å²) in [6.07, 6.45) is 2.62. The van der Waals surface area contributed by atoms with Crippen molar-refractivity contribution < 1.29 is 13.2 Å². The fourth-order valence-corrected chi connectivity index (χ4v) is 4.24. The molecule has 0 spiro atoms. The number of nitrogens with one attached hydrogen (secondary N) is 1. The Hall–Kier alpha value is -2.05. The highest BCUT2D eigenvalue weighted by Gasteiger charge is 2.18. The van der Waals surface area contributed by atoms with E-state index in [1.165, 1.54) is 15.4 Å². The van der Waals surface area contributed by atoms with Gasteiger partial charge in [-0.3, -0.25) is 9.10 Å². The maximum absolute atomic E-state index is 12.5. The first-order valence-corrected chi connectivity index (χ1v) is 11.9. The van der Waals surface area contributed by atoms with Crippen molar-refractivity contribution in [1.82, 2.24) is 5.32 Å². The van der Waals surface area contributed by atoms with Crippen LogP contribution in [0.3, 0.4) is 0 Å². The summed E-state index contributed by atoms with van der Waals surface area (Å²) in [5.41, 5.74) is 4.04. The molecule has 5 nitrogen and oxygen atoms in total. The van der Waals surface area contributed by atoms with Crippen molar-refractivity contribution in [2.24, 2.45) is 0 Å². The molecular formula is C22H29ClN2O3S. The lowest BCUT2D eigenvalue weighted by Gasteiger charge is -2.23. The number of aryl methyl sites for hydroxylation is 2. The zero-order chi connectivity index (χ0) is 21.6. The number of carbonyl (C=O) groups excluding carboxylic acids is 1. The molecule has 2 aromatic rings. The van der Waals surface area contributed by atoms with Gasteiger partial charge in [-0.15, -0.1) is 0 Å². The molecule has 2 rings (SSSR count). The van der Waals surface area contributed by atoms with Crippen LogP contribution in [0.5, 0.6) is 0 Å². The van der Waals surface area contributed by atoms with Gasteiger partial charge in [0.25, 0.3) is 0 Å². The number of anilines is 1. The highest BCUT2D eigenvalue weighted by atomic mass is 35.5. The Kier molecular flexibility index (Phi) is 8.11. The Labute approximate surface area is 179 Å². The first kappa shape index (κ1) is 23.2. The number of sulfonamides is 1. The third-order valence-corrected chi connectivity index (χ3v) is 6.40. The number of rotatable bonds is 9. The monoisotopic (exact) mass is 436 g/mol. The molecule has 0 aromatic heterocycles. The van der Waals surface area contributed by atoms with Crippen LogP contribution < -0.4 is 9.62 Å². The first-order valence-electron chi connectivity index (χ1n) is 9.71. The molecule has 7 heteroatoms. The quantitative estimate of drug-likeness (QED) is 0.615. The molecule has 0 saturated carbocycles. The van der Waals surface area contributed by atoms with Gasteiger partial charge in [-0.05, 0) is 67.6 Å². The molecule has 0 aliphatic heterocycles. The van der Waals surface area contributed by atoms with Crippen molar-refractivity contribution in [3.05, 3.63) is 64.2 Å². The molecule has 0 heterocycles. The summed E-state index contributed by atoms with van der Waals surface area (Å²) in [6.45, 7) is 6.39. The number of amides is 1. The second-order valence-electron chi connectivity index (χ2n) is 7.29. The summed E-state index contributed by atoms with van der Waals surface area (Å²) < 4.78 is 25.6. The third-order valence-electron chi connectivity index (χ3n) is 4.96. The molecule has 1 atom stereocenters. The zero-order valence-electron chi connectivity index (χ0n) is 17.4. The van der Waals surface area contributed by atoms with E-state index in [0.29, 0.717) is 17.1 Å². The van der Waals surface area contributed by atoms with Crippen LogP contribution in [0.2, 0.25) is 5.02 Å². The van der Waals surface area contributed by atoms with Gasteiger partial charge in [-0.2, -0.15) is 0 Å². The largest absolute Gasteiger partial charge is 0.349 e. The lowest BCUT2D eigenvalue weighted by molar-refractivity contribution is -0.121. The Morgan fingerprint density at radius 2 is 1.76 bits per heavy atom. The lowest BCUT2D eigenvalue weighted by atomic mass is 9.99. The van der Waals surface area contributed by atoms with Crippen molar-refractivity contribution in [2.75, 3.05) is 17.1 Å². The predicted molar refractivity (Wildman–Crippen MR) is 120 cm³/mol. The molecule has 29 heavy (non-hydrogen) atoms. The summed E-state index contributed by atoms with van der Waals surface area (Å²) in [5.74, 6) is -0.0837. The second-order valence-corrected chi connectivity index (χ2v) is 9.63. The molecule has 0 unspecified atom stereocenters. The van der Waals surface area contributed by atoms with Gasteiger partial charge in [0.2, 0.25) is 15.9 Å². The van der Waals surface area contributed by atoms with E-state index in [4.69, 9.17) is 11.6 Å². The summed E-state index contributed by atoms with van der Waals surface area (Å²) in [5, 5.41) is 3.61. The van der Waals surface area contributed by atoms with E-state index in [9.17, 15) is 13.2 Å². The van der Waals surface area contributed by atoms with Gasteiger partial charge in [0.1, 0.15) is 0 Å². The maximum Gasteiger partial charge on any atom is 0.232 e. The van der Waals surface area contributed by atoms with Crippen LogP contribution in [0.15, 0.2) is 42.5 Å². The fraction of sp³-hybridized carbons (Fsp3) is 0.409. The summed E-state index contributed by atoms with van der Waals surface area (Å²) in [4.78, 5) is 12.5. The van der Waals surface area contributed by atoms with Crippen molar-refractivity contribution in [3.8, 4) is 0 Å². The topological polar surface area (TPSA) is 66.5 Å². The maximum atomic E-state index is 12.5. The number of hydrogen-bond acceptors (Lipinski definition) is 3. The standard InChI is InChI=1S/C22H29ClN2O3S/c1-5-21(18-9-8-16(2)17(3)15-18)24-22(26)7-6-14-25(29(4,27)28)20-12-10-19(23)11-13-20/h8-13,15,21H,5-7,14H2,1-4H3,(H,24,26)/t21-/m1/s1. The number of nitrogens with zero attached hydrogens (tertiary/aromatic N) is 1. The van der Waals surface area contributed by atoms with Gasteiger partial charge in [-0.1, -0.05) is 36.7 Å². The number of hydrogen-bond donors (Lipinski definition) is 1. The van der Waals surface area contributed by atoms with E-state index in [0.717, 1.165) is 18.2 Å². The van der Waals surface area contributed by atoms with Crippen molar-refractivity contribution in [3.63, 3.8) is 0 Å². The van der Waals surface area contributed by atoms with Crippen molar-refractivity contribution in [1.29, 1.82) is 0 Å². The predicted octanol–water partition coefficient (Wildman–Crippen LogP) is 4.77. The highest BCUT2D eigenvalue weighted by Crippen LogP contribution is 2.22. The Morgan fingerprint density at radius 3 is 2.31 bits per heavy atom. The average Bonchev–Trinajstić information content (AvgIpc) is 2.65. The molecule has 1 amide bonds. The normalized spacial score (nSPS) is 12.4. The van der Waals surface area contributed by atoms with Crippen LogP contribution >= 0.6 is 11.6 Å². The van der Waals surface area contributed by atoms with Crippen LogP contribution in [0.25, 0.3) is 0 Å². The van der Waals surface area contributed by atoms with E-state index >= 15 is 0 Å².